The molecule has 3 heteroatoms. The molecule has 3 N–H and O–H groups in total. The number of aromatic hydroxyl groups is 3. The van der Waals surface area contributed by atoms with Crippen LogP contribution in [-0.2, 0) is 0 Å². The molecule has 0 unspecified atom stereocenters. The molecule has 0 saturated carbocycles. The van der Waals surface area contributed by atoms with Crippen LogP contribution in [0.15, 0.2) is 237 Å². The van der Waals surface area contributed by atoms with E-state index in [1.165, 1.54) is 0 Å². The predicted molar refractivity (Wildman–Crippen MR) is 260 cm³/mol. The summed E-state index contributed by atoms with van der Waals surface area (Å²) in [7, 11) is 0. The van der Waals surface area contributed by atoms with Crippen molar-refractivity contribution in [2.45, 2.75) is 0 Å². The van der Waals surface area contributed by atoms with Gasteiger partial charge in [0.05, 0.1) is 0 Å². The standard InChI is InChI=1S/C60H42O3/c61-58-52(43-25-13-4-14-26-43)34-46(40-19-7-1-8-20-40)37-55(58)49-31-50(56-38-47(41-21-9-2-10-22-41)35-53(59(56)62)44-27-15-5-16-28-44)33-51(32-49)57-39-48(42-23-11-3-12-24-42)36-54(60(57)63)45-29-17-6-18-30-45/h1-39,61-63H. The van der Waals surface area contributed by atoms with E-state index in [0.717, 1.165) is 50.1 Å². The van der Waals surface area contributed by atoms with E-state index in [0.29, 0.717) is 50.1 Å². The van der Waals surface area contributed by atoms with Gasteiger partial charge in [0.15, 0.2) is 0 Å². The van der Waals surface area contributed by atoms with E-state index in [9.17, 15) is 15.3 Å². The maximum absolute atomic E-state index is 12.5. The summed E-state index contributed by atoms with van der Waals surface area (Å²) in [6.45, 7) is 0. The Labute approximate surface area is 367 Å². The van der Waals surface area contributed by atoms with E-state index in [1.54, 1.807) is 0 Å². The van der Waals surface area contributed by atoms with Crippen LogP contribution in [0.2, 0.25) is 0 Å². The Morgan fingerprint density at radius 3 is 0.540 bits per heavy atom. The fourth-order valence-electron chi connectivity index (χ4n) is 8.56. The van der Waals surface area contributed by atoms with Crippen molar-refractivity contribution in [2.75, 3.05) is 0 Å². The van der Waals surface area contributed by atoms with Crippen molar-refractivity contribution >= 4 is 0 Å². The second-order valence-corrected chi connectivity index (χ2v) is 15.8. The van der Waals surface area contributed by atoms with Gasteiger partial charge in [-0.2, -0.15) is 0 Å². The molecule has 10 aromatic rings. The van der Waals surface area contributed by atoms with Gasteiger partial charge in [0.25, 0.3) is 0 Å². The third-order valence-corrected chi connectivity index (χ3v) is 11.8. The largest absolute Gasteiger partial charge is 0.507 e. The van der Waals surface area contributed by atoms with Gasteiger partial charge in [-0.05, 0) is 121 Å². The smallest absolute Gasteiger partial charge is 0.131 e. The highest BCUT2D eigenvalue weighted by atomic mass is 16.3. The van der Waals surface area contributed by atoms with E-state index >= 15 is 0 Å². The summed E-state index contributed by atoms with van der Waals surface area (Å²) < 4.78 is 0. The summed E-state index contributed by atoms with van der Waals surface area (Å²) in [5.74, 6) is 0.385. The number of hydrogen-bond acceptors (Lipinski definition) is 3. The zero-order chi connectivity index (χ0) is 42.7. The number of phenolic OH excluding ortho intramolecular Hbond substituents is 3. The van der Waals surface area contributed by atoms with Gasteiger partial charge in [0.1, 0.15) is 17.2 Å². The van der Waals surface area contributed by atoms with Crippen molar-refractivity contribution in [2.24, 2.45) is 0 Å². The summed E-state index contributed by atoms with van der Waals surface area (Å²) in [4.78, 5) is 0. The van der Waals surface area contributed by atoms with Crippen molar-refractivity contribution in [3.63, 3.8) is 0 Å². The average molecular weight is 811 g/mol. The SMILES string of the molecule is Oc1c(-c2ccccc2)cc(-c2ccccc2)cc1-c1cc(-c2cc(-c3ccccc3)cc(-c3ccccc3)c2O)cc(-c2cc(-c3ccccc3)cc(-c3ccccc3)c2O)c1. The van der Waals surface area contributed by atoms with Crippen molar-refractivity contribution in [1.82, 2.24) is 0 Å². The average Bonchev–Trinajstić information content (AvgIpc) is 3.35. The summed E-state index contributed by atoms with van der Waals surface area (Å²) >= 11 is 0. The van der Waals surface area contributed by atoms with E-state index in [4.69, 9.17) is 0 Å². The molecule has 63 heavy (non-hydrogen) atoms. The van der Waals surface area contributed by atoms with Gasteiger partial charge in [-0.25, -0.2) is 0 Å². The van der Waals surface area contributed by atoms with E-state index in [2.05, 4.69) is 36.4 Å². The highest BCUT2D eigenvalue weighted by molar-refractivity contribution is 5.96. The minimum Gasteiger partial charge on any atom is -0.507 e. The van der Waals surface area contributed by atoms with E-state index in [-0.39, 0.29) is 17.2 Å². The van der Waals surface area contributed by atoms with Crippen LogP contribution >= 0.6 is 0 Å². The molecule has 0 saturated heterocycles. The molecule has 0 radical (unpaired) electrons. The molecule has 10 aromatic carbocycles. The molecular formula is C60H42O3. The predicted octanol–water partition coefficient (Wildman–Crippen LogP) is 15.8. The second-order valence-electron chi connectivity index (χ2n) is 15.8. The zero-order valence-corrected chi connectivity index (χ0v) is 34.4. The molecule has 300 valence electrons. The minimum absolute atomic E-state index is 0.128. The lowest BCUT2D eigenvalue weighted by atomic mass is 9.86. The summed E-state index contributed by atoms with van der Waals surface area (Å²) in [5.41, 5.74) is 14.6. The first kappa shape index (κ1) is 38.8. The maximum atomic E-state index is 12.5. The third-order valence-electron chi connectivity index (χ3n) is 11.8. The summed E-state index contributed by atoms with van der Waals surface area (Å²) in [6.07, 6.45) is 0. The van der Waals surface area contributed by atoms with Crippen LogP contribution in [-0.4, -0.2) is 15.3 Å². The summed E-state index contributed by atoms with van der Waals surface area (Å²) in [5, 5.41) is 37.4. The Morgan fingerprint density at radius 1 is 0.159 bits per heavy atom. The quantitative estimate of drug-likeness (QED) is 0.136. The normalized spacial score (nSPS) is 11.0. The van der Waals surface area contributed by atoms with Crippen molar-refractivity contribution in [1.29, 1.82) is 0 Å². The van der Waals surface area contributed by atoms with Crippen LogP contribution in [0.1, 0.15) is 0 Å². The van der Waals surface area contributed by atoms with Gasteiger partial charge < -0.3 is 15.3 Å². The van der Waals surface area contributed by atoms with Gasteiger partial charge in [-0.3, -0.25) is 0 Å². The van der Waals surface area contributed by atoms with Gasteiger partial charge >= 0.3 is 0 Å². The Balaban J connectivity index is 1.30. The topological polar surface area (TPSA) is 60.7 Å². The van der Waals surface area contributed by atoms with E-state index < -0.39 is 0 Å². The van der Waals surface area contributed by atoms with Crippen LogP contribution < -0.4 is 0 Å². The van der Waals surface area contributed by atoms with E-state index in [1.807, 2.05) is 200 Å². The lowest BCUT2D eigenvalue weighted by molar-refractivity contribution is 0.479. The number of benzene rings is 10. The number of rotatable bonds is 9. The van der Waals surface area contributed by atoms with Crippen LogP contribution in [0.25, 0.3) is 100 Å². The van der Waals surface area contributed by atoms with Crippen molar-refractivity contribution in [3.8, 4) is 117 Å². The maximum Gasteiger partial charge on any atom is 0.131 e. The van der Waals surface area contributed by atoms with Gasteiger partial charge in [0, 0.05) is 33.4 Å². The fraction of sp³-hybridized carbons (Fsp3) is 0. The Bertz CT molecular complexity index is 2840. The Hall–Kier alpha value is -8.40. The minimum atomic E-state index is 0.128. The molecule has 0 bridgehead atoms. The molecule has 0 aliphatic carbocycles. The lowest BCUT2D eigenvalue weighted by Gasteiger charge is -2.20. The zero-order valence-electron chi connectivity index (χ0n) is 34.4. The number of hydrogen-bond donors (Lipinski definition) is 3. The van der Waals surface area contributed by atoms with Crippen LogP contribution in [0.3, 0.4) is 0 Å². The van der Waals surface area contributed by atoms with Crippen LogP contribution in [0, 0.1) is 0 Å². The van der Waals surface area contributed by atoms with Crippen LogP contribution in [0.5, 0.6) is 17.2 Å². The molecule has 0 atom stereocenters. The molecule has 10 rings (SSSR count). The van der Waals surface area contributed by atoms with Gasteiger partial charge in [-0.15, -0.1) is 0 Å². The third kappa shape index (κ3) is 7.76. The van der Waals surface area contributed by atoms with Crippen molar-refractivity contribution < 1.29 is 15.3 Å². The van der Waals surface area contributed by atoms with Crippen molar-refractivity contribution in [3.05, 3.63) is 237 Å². The van der Waals surface area contributed by atoms with Crippen LogP contribution in [0.4, 0.5) is 0 Å². The Kier molecular flexibility index (Phi) is 10.4. The summed E-state index contributed by atoms with van der Waals surface area (Å²) in [6, 6.07) is 78.6. The second kappa shape index (κ2) is 16.9. The highest BCUT2D eigenvalue weighted by Crippen LogP contribution is 2.49. The lowest BCUT2D eigenvalue weighted by Crippen LogP contribution is -1.93. The molecule has 0 amide bonds. The molecule has 0 spiro atoms. The molecule has 3 nitrogen and oxygen atoms in total. The molecule has 0 heterocycles. The first-order chi connectivity index (χ1) is 31.0. The Morgan fingerprint density at radius 2 is 0.333 bits per heavy atom. The molecule has 0 aromatic heterocycles. The number of phenols is 3. The van der Waals surface area contributed by atoms with Gasteiger partial charge in [-0.1, -0.05) is 182 Å². The molecule has 0 aliphatic rings. The first-order valence-corrected chi connectivity index (χ1v) is 21.1. The highest BCUT2D eigenvalue weighted by Gasteiger charge is 2.22. The first-order valence-electron chi connectivity index (χ1n) is 21.1. The molecular weight excluding hydrogens is 769 g/mol. The molecule has 0 aliphatic heterocycles. The fourth-order valence-corrected chi connectivity index (χ4v) is 8.56. The van der Waals surface area contributed by atoms with Gasteiger partial charge in [0.2, 0.25) is 0 Å². The molecule has 0 fully saturated rings. The monoisotopic (exact) mass is 810 g/mol.